The van der Waals surface area contributed by atoms with Gasteiger partial charge in [0.1, 0.15) is 5.82 Å². The molecule has 0 bridgehead atoms. The van der Waals surface area contributed by atoms with Gasteiger partial charge in [0, 0.05) is 17.6 Å². The summed E-state index contributed by atoms with van der Waals surface area (Å²) in [5, 5.41) is 2.01. The van der Waals surface area contributed by atoms with Gasteiger partial charge in [-0.05, 0) is 51.0 Å². The van der Waals surface area contributed by atoms with Crippen molar-refractivity contribution < 1.29 is 9.18 Å². The molecule has 98 valence electrons. The Bertz CT molecular complexity index is 408. The number of carbonyl (C=O) groups excluding carboxylic acids is 1. The number of nitrogens with one attached hydrogen (secondary N) is 1. The minimum Gasteiger partial charge on any atom is -0.284 e. The van der Waals surface area contributed by atoms with E-state index in [4.69, 9.17) is 0 Å². The predicted molar refractivity (Wildman–Crippen MR) is 68.5 cm³/mol. The maximum Gasteiger partial charge on any atom is 0.265 e. The van der Waals surface area contributed by atoms with Crippen molar-refractivity contribution in [3.8, 4) is 0 Å². The summed E-state index contributed by atoms with van der Waals surface area (Å²) < 4.78 is 12.8. The highest BCUT2D eigenvalue weighted by Gasteiger charge is 2.26. The molecule has 0 spiro atoms. The van der Waals surface area contributed by atoms with Crippen LogP contribution in [0.15, 0.2) is 24.3 Å². The third-order valence-electron chi connectivity index (χ3n) is 3.53. The Morgan fingerprint density at radius 1 is 1.22 bits per heavy atom. The van der Waals surface area contributed by atoms with Crippen molar-refractivity contribution in [3.63, 3.8) is 0 Å². The fourth-order valence-corrected chi connectivity index (χ4v) is 2.42. The van der Waals surface area contributed by atoms with E-state index in [1.807, 2.05) is 5.01 Å². The number of amides is 1. The van der Waals surface area contributed by atoms with E-state index in [1.54, 1.807) is 0 Å². The van der Waals surface area contributed by atoms with Crippen molar-refractivity contribution in [1.82, 2.24) is 10.4 Å². The number of hydrogen-bond donors (Lipinski definition) is 1. The number of hydrazine groups is 1. The van der Waals surface area contributed by atoms with Gasteiger partial charge in [-0.15, -0.1) is 0 Å². The highest BCUT2D eigenvalue weighted by Crippen LogP contribution is 2.20. The van der Waals surface area contributed by atoms with Crippen LogP contribution in [0.2, 0.25) is 0 Å². The van der Waals surface area contributed by atoms with E-state index in [0.29, 0.717) is 17.6 Å². The Labute approximate surface area is 107 Å². The van der Waals surface area contributed by atoms with Crippen molar-refractivity contribution in [3.05, 3.63) is 35.6 Å². The molecule has 4 heteroatoms. The largest absolute Gasteiger partial charge is 0.284 e. The normalized spacial score (nSPS) is 24.8. The molecule has 1 heterocycles. The molecule has 2 atom stereocenters. The van der Waals surface area contributed by atoms with E-state index in [-0.39, 0.29) is 11.7 Å². The zero-order valence-electron chi connectivity index (χ0n) is 10.8. The number of nitrogens with zero attached hydrogens (tertiary/aromatic N) is 1. The van der Waals surface area contributed by atoms with Crippen molar-refractivity contribution >= 4 is 5.91 Å². The van der Waals surface area contributed by atoms with Crippen LogP contribution in [0.5, 0.6) is 0 Å². The second kappa shape index (κ2) is 5.48. The molecule has 0 unspecified atom stereocenters. The molecule has 1 aromatic carbocycles. The molecule has 0 radical (unpaired) electrons. The van der Waals surface area contributed by atoms with Gasteiger partial charge in [0.25, 0.3) is 5.91 Å². The van der Waals surface area contributed by atoms with E-state index in [0.717, 1.165) is 12.8 Å². The number of halogens is 1. The first-order chi connectivity index (χ1) is 8.58. The first kappa shape index (κ1) is 13.0. The number of rotatable bonds is 2. The number of carbonyl (C=O) groups is 1. The molecule has 1 aliphatic rings. The minimum absolute atomic E-state index is 0.171. The van der Waals surface area contributed by atoms with Crippen LogP contribution in [0.1, 0.15) is 43.5 Å². The Hall–Kier alpha value is -1.42. The first-order valence-electron chi connectivity index (χ1n) is 6.43. The lowest BCUT2D eigenvalue weighted by molar-refractivity contribution is 0.0370. The van der Waals surface area contributed by atoms with Crippen LogP contribution < -0.4 is 5.43 Å². The molecule has 0 aliphatic carbocycles. The smallest absolute Gasteiger partial charge is 0.265 e. The summed E-state index contributed by atoms with van der Waals surface area (Å²) in [5.74, 6) is -0.498. The fraction of sp³-hybridized carbons (Fsp3) is 0.500. The topological polar surface area (TPSA) is 32.3 Å². The lowest BCUT2D eigenvalue weighted by atomic mass is 10.00. The summed E-state index contributed by atoms with van der Waals surface area (Å²) in [5.41, 5.74) is 3.41. The Morgan fingerprint density at radius 3 is 2.33 bits per heavy atom. The van der Waals surface area contributed by atoms with Gasteiger partial charge < -0.3 is 0 Å². The summed E-state index contributed by atoms with van der Waals surface area (Å²) >= 11 is 0. The molecule has 1 aliphatic heterocycles. The quantitative estimate of drug-likeness (QED) is 0.875. The van der Waals surface area contributed by atoms with Gasteiger partial charge in [0.2, 0.25) is 0 Å². The molecule has 2 rings (SSSR count). The maximum absolute atomic E-state index is 12.8. The summed E-state index contributed by atoms with van der Waals surface area (Å²) in [6.07, 6.45) is 3.38. The lowest BCUT2D eigenvalue weighted by Gasteiger charge is -2.38. The first-order valence-corrected chi connectivity index (χ1v) is 6.43. The van der Waals surface area contributed by atoms with Gasteiger partial charge >= 0.3 is 0 Å². The number of hydrogen-bond acceptors (Lipinski definition) is 2. The average Bonchev–Trinajstić information content (AvgIpc) is 2.34. The average molecular weight is 250 g/mol. The highest BCUT2D eigenvalue weighted by atomic mass is 19.1. The van der Waals surface area contributed by atoms with Crippen LogP contribution in [0.3, 0.4) is 0 Å². The Balaban J connectivity index is 2.04. The molecule has 1 amide bonds. The van der Waals surface area contributed by atoms with Crippen molar-refractivity contribution in [2.45, 2.75) is 45.2 Å². The van der Waals surface area contributed by atoms with Gasteiger partial charge in [-0.3, -0.25) is 10.2 Å². The minimum atomic E-state index is -0.328. The molecule has 1 fully saturated rings. The molecular weight excluding hydrogens is 231 g/mol. The molecule has 0 aromatic heterocycles. The Morgan fingerprint density at radius 2 is 1.78 bits per heavy atom. The fourth-order valence-electron chi connectivity index (χ4n) is 2.42. The third-order valence-corrected chi connectivity index (χ3v) is 3.53. The second-order valence-electron chi connectivity index (χ2n) is 4.98. The van der Waals surface area contributed by atoms with Crippen molar-refractivity contribution in [2.24, 2.45) is 0 Å². The van der Waals surface area contributed by atoms with Gasteiger partial charge in [-0.2, -0.15) is 0 Å². The highest BCUT2D eigenvalue weighted by molar-refractivity contribution is 5.93. The zero-order valence-corrected chi connectivity index (χ0v) is 10.8. The van der Waals surface area contributed by atoms with Gasteiger partial charge in [0.05, 0.1) is 0 Å². The van der Waals surface area contributed by atoms with E-state index >= 15 is 0 Å². The second-order valence-corrected chi connectivity index (χ2v) is 4.98. The lowest BCUT2D eigenvalue weighted by Crippen LogP contribution is -2.54. The third kappa shape index (κ3) is 2.88. The van der Waals surface area contributed by atoms with Crippen LogP contribution in [0.25, 0.3) is 0 Å². The predicted octanol–water partition coefficient (Wildman–Crippen LogP) is 2.73. The Kier molecular flexibility index (Phi) is 3.97. The van der Waals surface area contributed by atoms with Crippen LogP contribution in [0, 0.1) is 5.82 Å². The number of benzene rings is 1. The molecule has 1 N–H and O–H groups in total. The summed E-state index contributed by atoms with van der Waals surface area (Å²) in [6, 6.07) is 6.31. The van der Waals surface area contributed by atoms with Crippen molar-refractivity contribution in [1.29, 1.82) is 0 Å². The van der Waals surface area contributed by atoms with E-state index < -0.39 is 0 Å². The van der Waals surface area contributed by atoms with Gasteiger partial charge in [-0.25, -0.2) is 9.40 Å². The molecular formula is C14H19FN2O. The summed E-state index contributed by atoms with van der Waals surface area (Å²) in [7, 11) is 0. The maximum atomic E-state index is 12.8. The van der Waals surface area contributed by atoms with Crippen LogP contribution in [-0.4, -0.2) is 23.0 Å². The summed E-state index contributed by atoms with van der Waals surface area (Å²) in [6.45, 7) is 4.22. The molecule has 1 saturated heterocycles. The van der Waals surface area contributed by atoms with Crippen molar-refractivity contribution in [2.75, 3.05) is 0 Å². The number of piperidine rings is 1. The zero-order chi connectivity index (χ0) is 13.1. The van der Waals surface area contributed by atoms with E-state index in [2.05, 4.69) is 19.3 Å². The summed E-state index contributed by atoms with van der Waals surface area (Å²) in [4.78, 5) is 12.0. The van der Waals surface area contributed by atoms with Crippen LogP contribution in [0.4, 0.5) is 4.39 Å². The SMILES string of the molecule is C[C@@H]1CCC[C@H](C)N1NC(=O)c1ccc(F)cc1. The molecule has 1 aromatic rings. The van der Waals surface area contributed by atoms with Gasteiger partial charge in [-0.1, -0.05) is 6.42 Å². The van der Waals surface area contributed by atoms with E-state index in [1.165, 1.54) is 30.7 Å². The van der Waals surface area contributed by atoms with Crippen LogP contribution >= 0.6 is 0 Å². The van der Waals surface area contributed by atoms with Crippen LogP contribution in [-0.2, 0) is 0 Å². The monoisotopic (exact) mass is 250 g/mol. The van der Waals surface area contributed by atoms with E-state index in [9.17, 15) is 9.18 Å². The van der Waals surface area contributed by atoms with Gasteiger partial charge in [0.15, 0.2) is 0 Å². The molecule has 18 heavy (non-hydrogen) atoms. The molecule has 0 saturated carbocycles. The molecule has 3 nitrogen and oxygen atoms in total. The standard InChI is InChI=1S/C14H19FN2O/c1-10-4-3-5-11(2)17(10)16-14(18)12-6-8-13(15)9-7-12/h6-11H,3-5H2,1-2H3,(H,16,18)/t10-,11+.